The van der Waals surface area contributed by atoms with Crippen LogP contribution < -0.4 is 5.43 Å². The van der Waals surface area contributed by atoms with Crippen molar-refractivity contribution < 1.29 is 13.2 Å². The maximum absolute atomic E-state index is 13.3. The molecule has 0 aliphatic rings. The minimum absolute atomic E-state index is 0.225. The second-order valence-corrected chi connectivity index (χ2v) is 6.81. The van der Waals surface area contributed by atoms with Crippen LogP contribution in [0.5, 0.6) is 0 Å². The average Bonchev–Trinajstić information content (AvgIpc) is 3.20. The summed E-state index contributed by atoms with van der Waals surface area (Å²) in [7, 11) is 0. The molecule has 30 heavy (non-hydrogen) atoms. The Labute approximate surface area is 167 Å². The van der Waals surface area contributed by atoms with Gasteiger partial charge in [0.2, 0.25) is 0 Å². The smallest absolute Gasteiger partial charge is 0.346 e. The fourth-order valence-corrected chi connectivity index (χ4v) is 3.46. The zero-order chi connectivity index (χ0) is 20.9. The summed E-state index contributed by atoms with van der Waals surface area (Å²) in [4.78, 5) is 24.0. The van der Waals surface area contributed by atoms with E-state index >= 15 is 0 Å². The van der Waals surface area contributed by atoms with E-state index in [0.29, 0.717) is 33.4 Å². The molecule has 0 aliphatic carbocycles. The van der Waals surface area contributed by atoms with E-state index in [9.17, 15) is 18.0 Å². The zero-order valence-electron chi connectivity index (χ0n) is 15.3. The van der Waals surface area contributed by atoms with Crippen LogP contribution in [0.25, 0.3) is 39.1 Å². The van der Waals surface area contributed by atoms with Crippen molar-refractivity contribution >= 4 is 16.7 Å². The Morgan fingerprint density at radius 1 is 1.00 bits per heavy atom. The first-order valence-electron chi connectivity index (χ1n) is 9.03. The molecule has 4 aromatic heterocycles. The first kappa shape index (κ1) is 18.1. The van der Waals surface area contributed by atoms with Crippen molar-refractivity contribution in [3.63, 3.8) is 0 Å². The monoisotopic (exact) mass is 406 g/mol. The molecule has 148 valence electrons. The van der Waals surface area contributed by atoms with E-state index in [1.807, 2.05) is 0 Å². The summed E-state index contributed by atoms with van der Waals surface area (Å²) >= 11 is 0. The molecule has 0 spiro atoms. The number of fused-ring (bicyclic) bond motifs is 2. The number of aromatic nitrogens is 4. The Kier molecular flexibility index (Phi) is 3.95. The van der Waals surface area contributed by atoms with Crippen LogP contribution in [0.15, 0.2) is 78.1 Å². The Morgan fingerprint density at radius 2 is 1.87 bits per heavy atom. The van der Waals surface area contributed by atoms with Crippen molar-refractivity contribution in [1.82, 2.24) is 19.4 Å². The van der Waals surface area contributed by atoms with Crippen LogP contribution in [0, 0.1) is 0 Å². The lowest BCUT2D eigenvalue weighted by molar-refractivity contribution is -0.137. The molecule has 5 rings (SSSR count). The van der Waals surface area contributed by atoms with Crippen molar-refractivity contribution in [2.75, 3.05) is 0 Å². The van der Waals surface area contributed by atoms with Gasteiger partial charge in [-0.15, -0.1) is 0 Å². The second kappa shape index (κ2) is 6.55. The van der Waals surface area contributed by atoms with Gasteiger partial charge in [-0.25, -0.2) is 9.97 Å². The molecule has 0 radical (unpaired) electrons. The number of pyridine rings is 3. The number of halogens is 3. The first-order chi connectivity index (χ1) is 14.4. The van der Waals surface area contributed by atoms with Gasteiger partial charge in [0.05, 0.1) is 16.6 Å². The molecule has 0 saturated carbocycles. The summed E-state index contributed by atoms with van der Waals surface area (Å²) in [6.07, 6.45) is 2.21. The van der Waals surface area contributed by atoms with E-state index in [-0.39, 0.29) is 5.43 Å². The maximum atomic E-state index is 13.3. The van der Waals surface area contributed by atoms with Crippen LogP contribution in [0.3, 0.4) is 0 Å². The third-order valence-electron chi connectivity index (χ3n) is 4.91. The number of hydrogen-bond acceptors (Lipinski definition) is 3. The molecule has 0 fully saturated rings. The molecule has 8 heteroatoms. The van der Waals surface area contributed by atoms with Gasteiger partial charge in [-0.1, -0.05) is 12.1 Å². The first-order valence-corrected chi connectivity index (χ1v) is 9.03. The minimum Gasteiger partial charge on any atom is -0.346 e. The molecule has 0 aliphatic heterocycles. The lowest BCUT2D eigenvalue weighted by Crippen LogP contribution is -2.06. The lowest BCUT2D eigenvalue weighted by Gasteiger charge is -2.13. The average molecular weight is 406 g/mol. The molecular formula is C22H13F3N4O. The number of hydrogen-bond donors (Lipinski definition) is 1. The number of benzene rings is 1. The van der Waals surface area contributed by atoms with E-state index in [0.717, 1.165) is 17.8 Å². The van der Waals surface area contributed by atoms with Gasteiger partial charge >= 0.3 is 6.18 Å². The summed E-state index contributed by atoms with van der Waals surface area (Å²) < 4.78 is 41.6. The van der Waals surface area contributed by atoms with Crippen molar-refractivity contribution in [3.8, 4) is 22.4 Å². The number of rotatable bonds is 2. The van der Waals surface area contributed by atoms with E-state index in [2.05, 4.69) is 15.0 Å². The van der Waals surface area contributed by atoms with E-state index in [1.165, 1.54) is 18.3 Å². The molecule has 0 atom stereocenters. The van der Waals surface area contributed by atoms with E-state index in [1.54, 1.807) is 47.3 Å². The van der Waals surface area contributed by atoms with Crippen LogP contribution in [-0.2, 0) is 6.18 Å². The zero-order valence-corrected chi connectivity index (χ0v) is 15.3. The van der Waals surface area contributed by atoms with Gasteiger partial charge in [0.15, 0.2) is 5.43 Å². The van der Waals surface area contributed by atoms with Gasteiger partial charge in [-0.2, -0.15) is 13.2 Å². The lowest BCUT2D eigenvalue weighted by atomic mass is 9.98. The topological polar surface area (TPSA) is 63.0 Å². The summed E-state index contributed by atoms with van der Waals surface area (Å²) in [5.74, 6) is 0. The van der Waals surface area contributed by atoms with Gasteiger partial charge in [-0.3, -0.25) is 4.79 Å². The maximum Gasteiger partial charge on any atom is 0.416 e. The number of imidazole rings is 1. The number of H-pyrrole nitrogens is 1. The predicted octanol–water partition coefficient (Wildman–Crippen LogP) is 4.92. The van der Waals surface area contributed by atoms with Crippen LogP contribution in [-0.4, -0.2) is 19.4 Å². The quantitative estimate of drug-likeness (QED) is 0.452. The van der Waals surface area contributed by atoms with Gasteiger partial charge in [-0.05, 0) is 30.3 Å². The van der Waals surface area contributed by atoms with Crippen molar-refractivity contribution in [1.29, 1.82) is 0 Å². The Balaban J connectivity index is 1.82. The second-order valence-electron chi connectivity index (χ2n) is 6.81. The molecule has 4 heterocycles. The highest BCUT2D eigenvalue weighted by Crippen LogP contribution is 2.36. The van der Waals surface area contributed by atoms with Gasteiger partial charge in [0.25, 0.3) is 0 Å². The highest BCUT2D eigenvalue weighted by molar-refractivity contribution is 5.90. The van der Waals surface area contributed by atoms with Crippen LogP contribution in [0.4, 0.5) is 13.2 Å². The number of aromatic amines is 1. The predicted molar refractivity (Wildman–Crippen MR) is 107 cm³/mol. The summed E-state index contributed by atoms with van der Waals surface area (Å²) in [5, 5.41) is 0.356. The summed E-state index contributed by atoms with van der Waals surface area (Å²) in [6.45, 7) is 0. The minimum atomic E-state index is -4.48. The van der Waals surface area contributed by atoms with Gasteiger partial charge in [0.1, 0.15) is 11.3 Å². The van der Waals surface area contributed by atoms with Crippen molar-refractivity contribution in [3.05, 3.63) is 89.1 Å². The Morgan fingerprint density at radius 3 is 2.70 bits per heavy atom. The number of nitrogens with one attached hydrogen (secondary N) is 1. The molecular weight excluding hydrogens is 393 g/mol. The molecule has 5 aromatic rings. The molecule has 0 bridgehead atoms. The highest BCUT2D eigenvalue weighted by Gasteiger charge is 2.30. The fraction of sp³-hybridized carbons (Fsp3) is 0.0455. The Hall–Kier alpha value is -3.94. The van der Waals surface area contributed by atoms with Crippen LogP contribution in [0.2, 0.25) is 0 Å². The standard InChI is InChI=1S/C22H13F3N4O/c23-22(24,25)15-3-1-2-13(10-15)20-16(11-17-18(30)6-7-27-21(17)28-20)14-4-5-19-26-8-9-29(19)12-14/h1-12H,(H,27,28,30). The fourth-order valence-electron chi connectivity index (χ4n) is 3.46. The normalized spacial score (nSPS) is 12.0. The van der Waals surface area contributed by atoms with Crippen molar-refractivity contribution in [2.24, 2.45) is 0 Å². The Bertz CT molecular complexity index is 1470. The van der Waals surface area contributed by atoms with E-state index < -0.39 is 11.7 Å². The largest absolute Gasteiger partial charge is 0.416 e. The van der Waals surface area contributed by atoms with Crippen molar-refractivity contribution in [2.45, 2.75) is 6.18 Å². The molecule has 5 nitrogen and oxygen atoms in total. The molecule has 1 N–H and O–H groups in total. The van der Waals surface area contributed by atoms with Crippen LogP contribution in [0.1, 0.15) is 5.56 Å². The molecule has 0 unspecified atom stereocenters. The SMILES string of the molecule is O=c1cc[nH]c2nc(-c3cccc(C(F)(F)F)c3)c(-c3ccc4nccn4c3)cc12. The van der Waals surface area contributed by atoms with Crippen LogP contribution >= 0.6 is 0 Å². The van der Waals surface area contributed by atoms with E-state index in [4.69, 9.17) is 0 Å². The third kappa shape index (κ3) is 3.02. The highest BCUT2D eigenvalue weighted by atomic mass is 19.4. The molecule has 1 aromatic carbocycles. The summed E-state index contributed by atoms with van der Waals surface area (Å²) in [5.41, 5.74) is 1.94. The number of nitrogens with zero attached hydrogens (tertiary/aromatic N) is 3. The molecule has 0 saturated heterocycles. The van der Waals surface area contributed by atoms with Gasteiger partial charge in [0, 0.05) is 47.5 Å². The van der Waals surface area contributed by atoms with Gasteiger partial charge < -0.3 is 9.38 Å². The summed E-state index contributed by atoms with van der Waals surface area (Å²) in [6, 6.07) is 11.7. The molecule has 0 amide bonds. The number of alkyl halides is 3. The third-order valence-corrected chi connectivity index (χ3v) is 4.91.